The smallest absolute Gasteiger partial charge is 0.126 e. The van der Waals surface area contributed by atoms with E-state index in [-0.39, 0.29) is 6.04 Å². The van der Waals surface area contributed by atoms with Crippen LogP contribution in [-0.2, 0) is 11.3 Å². The summed E-state index contributed by atoms with van der Waals surface area (Å²) in [6.07, 6.45) is 1.84. The maximum absolute atomic E-state index is 10.1. The Labute approximate surface area is 154 Å². The number of aromatic nitrogens is 2. The fraction of sp³-hybridized carbons (Fsp3) is 0.278. The number of phenols is 1. The molecule has 7 heteroatoms. The summed E-state index contributed by atoms with van der Waals surface area (Å²) in [4.78, 5) is 11.3. The average Bonchev–Trinajstić information content (AvgIpc) is 3.26. The number of H-pyrrole nitrogens is 1. The molecule has 4 rings (SSSR count). The molecule has 1 saturated heterocycles. The second-order valence-corrected chi connectivity index (χ2v) is 7.69. The first-order valence-electron chi connectivity index (χ1n) is 8.10. The van der Waals surface area contributed by atoms with E-state index >= 15 is 0 Å². The standard InChI is InChI=1S/C18H18ClN3O2S/c19-17-6-5-16(25-17)13-9-20-18(21-13)14-11-24-8-7-22(14)10-12-3-1-2-4-15(12)23/h1-6,9,14,23H,7-8,10-11H2,(H,20,21)/t14-/m0/s1. The van der Waals surface area contributed by atoms with Gasteiger partial charge in [-0.15, -0.1) is 11.3 Å². The van der Waals surface area contributed by atoms with E-state index in [9.17, 15) is 5.11 Å². The number of para-hydroxylation sites is 1. The summed E-state index contributed by atoms with van der Waals surface area (Å²) < 4.78 is 6.43. The number of morpholine rings is 1. The normalized spacial score (nSPS) is 18.5. The number of aromatic amines is 1. The molecule has 0 bridgehead atoms. The molecule has 0 spiro atoms. The minimum atomic E-state index is 0.0255. The highest BCUT2D eigenvalue weighted by Crippen LogP contribution is 2.32. The lowest BCUT2D eigenvalue weighted by atomic mass is 10.1. The van der Waals surface area contributed by atoms with Gasteiger partial charge in [0, 0.05) is 18.7 Å². The minimum Gasteiger partial charge on any atom is -0.508 e. The van der Waals surface area contributed by atoms with Crippen LogP contribution in [0, 0.1) is 0 Å². The predicted octanol–water partition coefficient (Wildman–Crippen LogP) is 4.07. The van der Waals surface area contributed by atoms with E-state index in [4.69, 9.17) is 16.3 Å². The van der Waals surface area contributed by atoms with E-state index in [1.807, 2.05) is 36.5 Å². The van der Waals surface area contributed by atoms with Crippen LogP contribution in [0.5, 0.6) is 5.75 Å². The molecule has 0 radical (unpaired) electrons. The number of halogens is 1. The highest BCUT2D eigenvalue weighted by Gasteiger charge is 2.27. The van der Waals surface area contributed by atoms with Crippen molar-refractivity contribution in [2.75, 3.05) is 19.8 Å². The van der Waals surface area contributed by atoms with Gasteiger partial charge in [-0.05, 0) is 18.2 Å². The van der Waals surface area contributed by atoms with E-state index in [0.29, 0.717) is 25.5 Å². The number of hydrogen-bond donors (Lipinski definition) is 2. The molecular weight excluding hydrogens is 358 g/mol. The Kier molecular flexibility index (Phi) is 4.76. The molecule has 3 heterocycles. The highest BCUT2D eigenvalue weighted by atomic mass is 35.5. The van der Waals surface area contributed by atoms with E-state index in [0.717, 1.165) is 32.8 Å². The zero-order valence-electron chi connectivity index (χ0n) is 13.5. The van der Waals surface area contributed by atoms with Gasteiger partial charge >= 0.3 is 0 Å². The number of rotatable bonds is 4. The van der Waals surface area contributed by atoms with E-state index in [2.05, 4.69) is 14.9 Å². The number of imidazole rings is 1. The molecule has 0 aliphatic carbocycles. The van der Waals surface area contributed by atoms with Crippen LogP contribution < -0.4 is 0 Å². The summed E-state index contributed by atoms with van der Waals surface area (Å²) in [6, 6.07) is 11.3. The van der Waals surface area contributed by atoms with Gasteiger partial charge in [0.25, 0.3) is 0 Å². The molecule has 1 aliphatic heterocycles. The first-order chi connectivity index (χ1) is 12.2. The van der Waals surface area contributed by atoms with Crippen molar-refractivity contribution in [1.82, 2.24) is 14.9 Å². The van der Waals surface area contributed by atoms with Crippen LogP contribution in [0.25, 0.3) is 10.6 Å². The van der Waals surface area contributed by atoms with Gasteiger partial charge in [-0.25, -0.2) is 4.98 Å². The molecule has 2 N–H and O–H groups in total. The van der Waals surface area contributed by atoms with Gasteiger partial charge in [-0.3, -0.25) is 4.90 Å². The summed E-state index contributed by atoms with van der Waals surface area (Å²) >= 11 is 7.55. The Morgan fingerprint density at radius 1 is 1.32 bits per heavy atom. The molecule has 1 aliphatic rings. The van der Waals surface area contributed by atoms with E-state index in [1.165, 1.54) is 11.3 Å². The molecule has 0 unspecified atom stereocenters. The van der Waals surface area contributed by atoms with Gasteiger partial charge in [-0.2, -0.15) is 0 Å². The number of benzene rings is 1. The van der Waals surface area contributed by atoms with Crippen molar-refractivity contribution in [2.45, 2.75) is 12.6 Å². The van der Waals surface area contributed by atoms with Gasteiger partial charge in [0.05, 0.1) is 40.4 Å². The number of aromatic hydroxyl groups is 1. The van der Waals surface area contributed by atoms with Crippen LogP contribution in [0.15, 0.2) is 42.6 Å². The largest absolute Gasteiger partial charge is 0.508 e. The fourth-order valence-corrected chi connectivity index (χ4v) is 4.04. The number of hydrogen-bond acceptors (Lipinski definition) is 5. The van der Waals surface area contributed by atoms with E-state index in [1.54, 1.807) is 6.07 Å². The lowest BCUT2D eigenvalue weighted by molar-refractivity contribution is -0.0158. The Morgan fingerprint density at radius 2 is 2.20 bits per heavy atom. The Hall–Kier alpha value is -1.86. The second-order valence-electron chi connectivity index (χ2n) is 5.98. The molecule has 1 atom stereocenters. The maximum atomic E-state index is 10.1. The summed E-state index contributed by atoms with van der Waals surface area (Å²) in [7, 11) is 0. The first-order valence-corrected chi connectivity index (χ1v) is 9.29. The van der Waals surface area contributed by atoms with Crippen molar-refractivity contribution in [1.29, 1.82) is 0 Å². The predicted molar refractivity (Wildman–Crippen MR) is 99.0 cm³/mol. The summed E-state index contributed by atoms with van der Waals surface area (Å²) in [5.74, 6) is 1.19. The van der Waals surface area contributed by atoms with Crippen LogP contribution in [0.4, 0.5) is 0 Å². The Morgan fingerprint density at radius 3 is 3.00 bits per heavy atom. The average molecular weight is 376 g/mol. The number of thiophene rings is 1. The molecule has 3 aromatic rings. The van der Waals surface area contributed by atoms with Gasteiger partial charge in [0.15, 0.2) is 0 Å². The molecular formula is C18H18ClN3O2S. The molecule has 0 saturated carbocycles. The number of phenolic OH excluding ortho intramolecular Hbond substituents is 1. The summed E-state index contributed by atoms with van der Waals surface area (Å²) in [5, 5.41) is 10.1. The number of nitrogens with one attached hydrogen (secondary N) is 1. The summed E-state index contributed by atoms with van der Waals surface area (Å²) in [5.41, 5.74) is 1.87. The van der Waals surface area contributed by atoms with Gasteiger partial charge in [-0.1, -0.05) is 29.8 Å². The van der Waals surface area contributed by atoms with E-state index < -0.39 is 0 Å². The third-order valence-electron chi connectivity index (χ3n) is 4.35. The fourth-order valence-electron chi connectivity index (χ4n) is 3.03. The van der Waals surface area contributed by atoms with Crippen molar-refractivity contribution in [3.05, 3.63) is 58.3 Å². The first kappa shape index (κ1) is 16.6. The Bertz CT molecular complexity index is 863. The topological polar surface area (TPSA) is 61.4 Å². The van der Waals surface area contributed by atoms with Crippen LogP contribution in [0.1, 0.15) is 17.4 Å². The van der Waals surface area contributed by atoms with Gasteiger partial charge in [0.1, 0.15) is 11.6 Å². The molecule has 1 fully saturated rings. The quantitative estimate of drug-likeness (QED) is 0.721. The van der Waals surface area contributed by atoms with Crippen LogP contribution in [-0.4, -0.2) is 39.7 Å². The van der Waals surface area contributed by atoms with Crippen molar-refractivity contribution in [3.8, 4) is 16.3 Å². The zero-order valence-corrected chi connectivity index (χ0v) is 15.1. The van der Waals surface area contributed by atoms with Crippen molar-refractivity contribution >= 4 is 22.9 Å². The molecule has 2 aromatic heterocycles. The molecule has 5 nitrogen and oxygen atoms in total. The molecule has 25 heavy (non-hydrogen) atoms. The zero-order chi connectivity index (χ0) is 17.2. The highest BCUT2D eigenvalue weighted by molar-refractivity contribution is 7.19. The van der Waals surface area contributed by atoms with Gasteiger partial charge < -0.3 is 14.8 Å². The van der Waals surface area contributed by atoms with Crippen molar-refractivity contribution in [2.24, 2.45) is 0 Å². The lowest BCUT2D eigenvalue weighted by Gasteiger charge is -2.34. The molecule has 130 valence electrons. The number of ether oxygens (including phenoxy) is 1. The summed E-state index contributed by atoms with van der Waals surface area (Å²) in [6.45, 7) is 2.70. The monoisotopic (exact) mass is 375 g/mol. The molecule has 1 aromatic carbocycles. The third kappa shape index (κ3) is 3.57. The Balaban J connectivity index is 1.57. The van der Waals surface area contributed by atoms with Crippen LogP contribution in [0.2, 0.25) is 4.34 Å². The van der Waals surface area contributed by atoms with Crippen molar-refractivity contribution < 1.29 is 9.84 Å². The second kappa shape index (κ2) is 7.17. The SMILES string of the molecule is Oc1ccccc1CN1CCOC[C@H]1c1ncc(-c2ccc(Cl)s2)[nH]1. The van der Waals surface area contributed by atoms with Crippen LogP contribution >= 0.6 is 22.9 Å². The van der Waals surface area contributed by atoms with Crippen LogP contribution in [0.3, 0.4) is 0 Å². The van der Waals surface area contributed by atoms with Crippen molar-refractivity contribution in [3.63, 3.8) is 0 Å². The number of nitrogens with zero attached hydrogens (tertiary/aromatic N) is 2. The maximum Gasteiger partial charge on any atom is 0.126 e. The lowest BCUT2D eigenvalue weighted by Crippen LogP contribution is -2.39. The third-order valence-corrected chi connectivity index (χ3v) is 5.62. The van der Waals surface area contributed by atoms with Gasteiger partial charge in [0.2, 0.25) is 0 Å². The minimum absolute atomic E-state index is 0.0255. The molecule has 0 amide bonds.